The molecule has 0 aromatic heterocycles. The van der Waals surface area contributed by atoms with Crippen molar-refractivity contribution in [3.05, 3.63) is 183 Å². The first-order valence-electron chi connectivity index (χ1n) is 17.8. The topological polar surface area (TPSA) is 121 Å². The summed E-state index contributed by atoms with van der Waals surface area (Å²) in [6.45, 7) is -0.870. The van der Waals surface area contributed by atoms with Gasteiger partial charge in [-0.2, -0.15) is 0 Å². The van der Waals surface area contributed by atoms with Crippen LogP contribution in [0, 0.1) is 116 Å². The second-order valence-corrected chi connectivity index (χ2v) is 18.7. The molecular weight excluding hydrogens is 1160 g/mol. The molecule has 0 radical (unpaired) electrons. The summed E-state index contributed by atoms with van der Waals surface area (Å²) >= 11 is -3.56. The average Bonchev–Trinajstić information content (AvgIpc) is 3.97. The van der Waals surface area contributed by atoms with Gasteiger partial charge in [-0.25, -0.2) is 0 Å². The molecule has 2 N–H and O–H groups in total. The number of aliphatic carboxylic acids is 2. The zero-order valence-electron chi connectivity index (χ0n) is 32.9. The molecule has 0 aliphatic heterocycles. The van der Waals surface area contributed by atoms with E-state index in [1.54, 1.807) is 0 Å². The molecule has 6 rings (SSSR count). The van der Waals surface area contributed by atoms with Crippen molar-refractivity contribution in [2.45, 2.75) is 12.8 Å². The van der Waals surface area contributed by atoms with Gasteiger partial charge in [-0.1, -0.05) is 13.2 Å². The van der Waals surface area contributed by atoms with E-state index in [1.807, 2.05) is 0 Å². The fraction of sp³-hybridized carbons (Fsp3) is 0.0500. The minimum absolute atomic E-state index is 0.349. The molecule has 2 aliphatic rings. The van der Waals surface area contributed by atoms with Gasteiger partial charge in [0.15, 0.2) is 0 Å². The Bertz CT molecular complexity index is 2550. The van der Waals surface area contributed by atoms with Gasteiger partial charge in [0.25, 0.3) is 0 Å². The van der Waals surface area contributed by atoms with Crippen molar-refractivity contribution >= 4 is 47.2 Å². The molecule has 0 bridgehead atoms. The van der Waals surface area contributed by atoms with E-state index in [4.69, 9.17) is 10.2 Å². The Kier molecular flexibility index (Phi) is 17.1. The van der Waals surface area contributed by atoms with Crippen LogP contribution >= 0.6 is 0 Å². The van der Waals surface area contributed by atoms with Crippen molar-refractivity contribution in [2.24, 2.45) is 0 Å². The maximum atomic E-state index is 15.4. The van der Waals surface area contributed by atoms with Crippen LogP contribution in [0.15, 0.2) is 66.6 Å². The summed E-state index contributed by atoms with van der Waals surface area (Å²) in [6, 6.07) is 0. The molecular formula is C40H14B2F20HfO6. The summed E-state index contributed by atoms with van der Waals surface area (Å²) in [4.78, 5) is 18.5. The molecule has 0 amide bonds. The number of hydrogen-bond donors (Lipinski definition) is 2. The predicted molar refractivity (Wildman–Crippen MR) is 190 cm³/mol. The number of allylic oxidation sites excluding steroid dienone is 8. The summed E-state index contributed by atoms with van der Waals surface area (Å²) in [5.74, 6) is -60.7. The Balaban J connectivity index is 0.000000767. The molecule has 2 aliphatic carbocycles. The number of halogens is 20. The number of carbonyl (C=O) groups excluding carboxylic acids is 2. The number of benzene rings is 4. The van der Waals surface area contributed by atoms with Crippen LogP contribution in [0.1, 0.15) is 12.8 Å². The molecule has 4 aromatic carbocycles. The average molecular weight is 1170 g/mol. The van der Waals surface area contributed by atoms with Crippen LogP contribution in [-0.4, -0.2) is 35.6 Å². The fourth-order valence-corrected chi connectivity index (χ4v) is 12.0. The van der Waals surface area contributed by atoms with E-state index in [-0.39, 0.29) is 6.66 Å². The fourth-order valence-electron chi connectivity index (χ4n) is 6.43. The number of carbonyl (C=O) groups is 2. The van der Waals surface area contributed by atoms with Gasteiger partial charge in [0.1, 0.15) is 23.5 Å². The van der Waals surface area contributed by atoms with E-state index in [1.165, 1.54) is 0 Å². The second kappa shape index (κ2) is 21.4. The van der Waals surface area contributed by atoms with E-state index in [0.717, 1.165) is 12.2 Å². The SMILES string of the molecule is C=C(O)C(=O)[O-].C=C(O)C(=O)[O-].Fc1c(F)c(F)c(B(C2=[C]([Hf+2][C]3=C(B(c4c(F)c(F)c(F)c(F)c4F)c4c(F)c(F)c(F)c(F)c4F)C=CC3)CC=C2)c2c(F)c(F)c(F)c(F)c2F)c(F)c1F. The molecule has 0 atom stereocenters. The van der Waals surface area contributed by atoms with Crippen LogP contribution in [0.25, 0.3) is 0 Å². The van der Waals surface area contributed by atoms with Crippen LogP contribution in [0.5, 0.6) is 0 Å². The Labute approximate surface area is 382 Å². The maximum absolute atomic E-state index is 15.4. The third-order valence-corrected chi connectivity index (χ3v) is 15.2. The first-order valence-corrected chi connectivity index (χ1v) is 21.3. The molecule has 360 valence electrons. The third kappa shape index (κ3) is 10.3. The standard InChI is InChI=1S/2C17H4BF10.2C3H4O3.Hf/c2*19-8-6(9(20)13(24)16(27)12(8)23)18(5-3-1-2-4-5)7-10(21)14(25)17(28)15(26)11(7)22;2*1-2(4)3(5)6;/h2*1,3H,2H2;2*4H,1H2,(H,5,6);/q;;;;+2/p-2. The molecule has 0 heterocycles. The van der Waals surface area contributed by atoms with Crippen LogP contribution in [0.4, 0.5) is 87.8 Å². The second-order valence-electron chi connectivity index (χ2n) is 13.5. The number of hydrogen-bond acceptors (Lipinski definition) is 6. The zero-order valence-corrected chi connectivity index (χ0v) is 36.5. The van der Waals surface area contributed by atoms with Crippen molar-refractivity contribution in [2.75, 3.05) is 0 Å². The molecule has 0 unspecified atom stereocenters. The van der Waals surface area contributed by atoms with Crippen molar-refractivity contribution in [1.82, 2.24) is 0 Å². The normalized spacial score (nSPS) is 12.7. The minimum atomic E-state index is -3.56. The Hall–Kier alpha value is -6.54. The van der Waals surface area contributed by atoms with Crippen molar-refractivity contribution in [3.8, 4) is 0 Å². The van der Waals surface area contributed by atoms with Crippen molar-refractivity contribution in [1.29, 1.82) is 0 Å². The van der Waals surface area contributed by atoms with Crippen LogP contribution in [-0.2, 0) is 32.5 Å². The van der Waals surface area contributed by atoms with Gasteiger partial charge in [0, 0.05) is 0 Å². The predicted octanol–water partition coefficient (Wildman–Crippen LogP) is 5.59. The summed E-state index contributed by atoms with van der Waals surface area (Å²) in [5, 5.41) is 34.0. The summed E-state index contributed by atoms with van der Waals surface area (Å²) in [7, 11) is 0. The Morgan fingerprint density at radius 1 is 0.391 bits per heavy atom. The van der Waals surface area contributed by atoms with Crippen LogP contribution in [0.2, 0.25) is 0 Å². The van der Waals surface area contributed by atoms with E-state index in [0.29, 0.717) is 12.2 Å². The molecule has 0 fully saturated rings. The van der Waals surface area contributed by atoms with Gasteiger partial charge in [-0.05, 0) is 0 Å². The third-order valence-electron chi connectivity index (χ3n) is 9.46. The molecule has 0 saturated heterocycles. The molecule has 29 heteroatoms. The molecule has 69 heavy (non-hydrogen) atoms. The van der Waals surface area contributed by atoms with Crippen molar-refractivity contribution < 1.29 is 141 Å². The van der Waals surface area contributed by atoms with Crippen molar-refractivity contribution in [3.63, 3.8) is 0 Å². The van der Waals surface area contributed by atoms with E-state index < -0.39 is 222 Å². The summed E-state index contributed by atoms with van der Waals surface area (Å²) in [5.41, 5.74) is -10.4. The van der Waals surface area contributed by atoms with Gasteiger partial charge >= 0.3 is 317 Å². The van der Waals surface area contributed by atoms with Gasteiger partial charge in [0.2, 0.25) is 0 Å². The number of carboxylic acids is 2. The molecule has 0 spiro atoms. The molecule has 0 saturated carbocycles. The number of aliphatic hydroxyl groups is 2. The number of carboxylic acid groups (broad SMARTS) is 2. The van der Waals surface area contributed by atoms with Gasteiger partial charge in [-0.15, -0.1) is 0 Å². The zero-order chi connectivity index (χ0) is 52.6. The van der Waals surface area contributed by atoms with E-state index in [9.17, 15) is 72.5 Å². The van der Waals surface area contributed by atoms with E-state index >= 15 is 35.1 Å². The Morgan fingerprint density at radius 2 is 0.551 bits per heavy atom. The van der Waals surface area contributed by atoms with Crippen LogP contribution in [0.3, 0.4) is 0 Å². The van der Waals surface area contributed by atoms with E-state index in [2.05, 4.69) is 13.2 Å². The number of aliphatic hydroxyl groups excluding tert-OH is 2. The van der Waals surface area contributed by atoms with Crippen LogP contribution < -0.4 is 32.1 Å². The first-order chi connectivity index (χ1) is 31.9. The quantitative estimate of drug-likeness (QED) is 0.0534. The van der Waals surface area contributed by atoms with Gasteiger partial charge in [-0.3, -0.25) is 0 Å². The van der Waals surface area contributed by atoms with Gasteiger partial charge in [0.05, 0.1) is 0 Å². The monoisotopic (exact) mass is 1170 g/mol. The number of rotatable bonds is 10. The van der Waals surface area contributed by atoms with Gasteiger partial charge < -0.3 is 30.0 Å². The Morgan fingerprint density at radius 3 is 0.710 bits per heavy atom. The first kappa shape index (κ1) is 55.1. The summed E-state index contributed by atoms with van der Waals surface area (Å²) < 4.78 is 294. The molecule has 6 nitrogen and oxygen atoms in total. The summed E-state index contributed by atoms with van der Waals surface area (Å²) in [6.07, 6.45) is 2.28. The molecule has 4 aromatic rings.